The minimum atomic E-state index is -1.27. The fraction of sp³-hybridized carbons (Fsp3) is 0.545. The van der Waals surface area contributed by atoms with Gasteiger partial charge in [-0.3, -0.25) is 0 Å². The van der Waals surface area contributed by atoms with E-state index in [1.54, 1.807) is 0 Å². The Labute approximate surface area is 143 Å². The molecule has 111 valence electrons. The van der Waals surface area contributed by atoms with Crippen LogP contribution in [0.15, 0.2) is 0 Å². The molecular weight excluding hydrogens is 316 g/mol. The van der Waals surface area contributed by atoms with Crippen molar-refractivity contribution in [3.8, 4) is 0 Å². The molecule has 21 heavy (non-hydrogen) atoms. The van der Waals surface area contributed by atoms with Crippen LogP contribution in [0.5, 0.6) is 0 Å². The summed E-state index contributed by atoms with van der Waals surface area (Å²) in [7, 11) is 0. The van der Waals surface area contributed by atoms with Crippen LogP contribution in [0.2, 0.25) is 10.3 Å². The smallest absolute Gasteiger partial charge is 0.356 e. The summed E-state index contributed by atoms with van der Waals surface area (Å²) in [6.07, 6.45) is 0.192. The molecule has 1 aromatic rings. The van der Waals surface area contributed by atoms with Crippen LogP contribution in [0.4, 0.5) is 5.82 Å². The van der Waals surface area contributed by atoms with Crippen molar-refractivity contribution in [1.82, 2.24) is 9.97 Å². The van der Waals surface area contributed by atoms with Crippen LogP contribution in [-0.2, 0) is 9.47 Å². The largest absolute Gasteiger partial charge is 0.476 e. The molecule has 1 radical (unpaired) electrons. The van der Waals surface area contributed by atoms with E-state index in [4.69, 9.17) is 37.8 Å². The Hall–Kier alpha value is -0.553. The van der Waals surface area contributed by atoms with Crippen molar-refractivity contribution in [2.45, 2.75) is 19.1 Å². The third-order valence-corrected chi connectivity index (χ3v) is 3.01. The van der Waals surface area contributed by atoms with E-state index in [-0.39, 0.29) is 52.8 Å². The van der Waals surface area contributed by atoms with Gasteiger partial charge in [0.05, 0.1) is 19.8 Å². The molecule has 0 unspecified atom stereocenters. The molecule has 0 saturated carbocycles. The number of aromatic nitrogens is 2. The van der Waals surface area contributed by atoms with E-state index in [1.165, 1.54) is 0 Å². The number of halogens is 2. The van der Waals surface area contributed by atoms with Gasteiger partial charge in [-0.25, -0.2) is 9.78 Å². The number of carboxylic acid groups (broad SMARTS) is 1. The minimum Gasteiger partial charge on any atom is -0.476 e. The predicted octanol–water partition coefficient (Wildman–Crippen LogP) is 1.32. The zero-order valence-corrected chi connectivity index (χ0v) is 13.1. The van der Waals surface area contributed by atoms with E-state index in [0.717, 1.165) is 6.61 Å². The molecule has 2 rings (SSSR count). The molecule has 2 atom stereocenters. The van der Waals surface area contributed by atoms with Crippen LogP contribution in [-0.4, -0.2) is 71.9 Å². The van der Waals surface area contributed by atoms with Crippen molar-refractivity contribution in [3.05, 3.63) is 16.0 Å². The van der Waals surface area contributed by atoms with E-state index >= 15 is 0 Å². The first kappa shape index (κ1) is 18.5. The molecule has 0 aliphatic carbocycles. The monoisotopic (exact) mass is 328 g/mol. The van der Waals surface area contributed by atoms with Crippen molar-refractivity contribution in [2.24, 2.45) is 0 Å². The van der Waals surface area contributed by atoms with Crippen LogP contribution in [0.1, 0.15) is 17.4 Å². The quantitative estimate of drug-likeness (QED) is 0.442. The van der Waals surface area contributed by atoms with E-state index in [2.05, 4.69) is 15.3 Å². The van der Waals surface area contributed by atoms with E-state index in [0.29, 0.717) is 13.2 Å². The number of aromatic carboxylic acids is 1. The molecule has 0 amide bonds. The van der Waals surface area contributed by atoms with Gasteiger partial charge in [-0.1, -0.05) is 11.6 Å². The molecule has 0 aromatic carbocycles. The van der Waals surface area contributed by atoms with Gasteiger partial charge in [0.25, 0.3) is 0 Å². The zero-order valence-electron chi connectivity index (χ0n) is 11.6. The number of carboxylic acids is 1. The maximum atomic E-state index is 11.0. The minimum absolute atomic E-state index is 0. The zero-order chi connectivity index (χ0) is 14.7. The molecule has 1 aliphatic rings. The molecule has 2 N–H and O–H groups in total. The SMILES string of the molecule is C[C@H](COC[C@@H]1CO1)Nc1nc(Cl)nc(C(=O)O)c1Cl.[Li]. The number of rotatable bonds is 7. The number of carbonyl (C=O) groups is 1. The second kappa shape index (κ2) is 8.18. The molecule has 0 spiro atoms. The summed E-state index contributed by atoms with van der Waals surface area (Å²) >= 11 is 11.6. The van der Waals surface area contributed by atoms with Gasteiger partial charge in [0.1, 0.15) is 11.1 Å². The standard InChI is InChI=1S/C11H13Cl2N3O4.Li/c1-5(2-19-3-6-4-20-6)14-9-7(12)8(10(17)18)15-11(13)16-9;/h5-6H,2-4H2,1H3,(H,17,18)(H,14,15,16);/t5-,6-;/m1./s1. The third kappa shape index (κ3) is 5.62. The molecule has 1 aliphatic heterocycles. The average molecular weight is 329 g/mol. The molecule has 10 heteroatoms. The van der Waals surface area contributed by atoms with Crippen molar-refractivity contribution in [3.63, 3.8) is 0 Å². The van der Waals surface area contributed by atoms with Gasteiger partial charge in [0.2, 0.25) is 5.28 Å². The normalized spacial score (nSPS) is 17.8. The van der Waals surface area contributed by atoms with Crippen molar-refractivity contribution in [2.75, 3.05) is 25.1 Å². The second-order valence-electron chi connectivity index (χ2n) is 4.35. The molecular formula is C11H13Cl2LiN3O4. The summed E-state index contributed by atoms with van der Waals surface area (Å²) < 4.78 is 10.4. The average Bonchev–Trinajstić information content (AvgIpc) is 3.17. The van der Waals surface area contributed by atoms with E-state index < -0.39 is 5.97 Å². The van der Waals surface area contributed by atoms with Gasteiger partial charge in [0, 0.05) is 24.9 Å². The fourth-order valence-electron chi connectivity index (χ4n) is 1.47. The van der Waals surface area contributed by atoms with Gasteiger partial charge < -0.3 is 19.9 Å². The Balaban J connectivity index is 0.00000220. The number of hydrogen-bond donors (Lipinski definition) is 2. The number of anilines is 1. The van der Waals surface area contributed by atoms with Crippen molar-refractivity contribution in [1.29, 1.82) is 0 Å². The maximum Gasteiger partial charge on any atom is 0.356 e. The fourth-order valence-corrected chi connectivity index (χ4v) is 1.86. The van der Waals surface area contributed by atoms with Crippen molar-refractivity contribution >= 4 is 53.8 Å². The van der Waals surface area contributed by atoms with Gasteiger partial charge in [-0.15, -0.1) is 0 Å². The van der Waals surface area contributed by atoms with Crippen molar-refractivity contribution < 1.29 is 19.4 Å². The molecule has 1 aromatic heterocycles. The van der Waals surface area contributed by atoms with E-state index in [9.17, 15) is 4.79 Å². The summed E-state index contributed by atoms with van der Waals surface area (Å²) in [4.78, 5) is 18.4. The number of nitrogens with zero attached hydrogens (tertiary/aromatic N) is 2. The number of hydrogen-bond acceptors (Lipinski definition) is 6. The molecule has 0 bridgehead atoms. The molecule has 2 heterocycles. The Morgan fingerprint density at radius 3 is 2.81 bits per heavy atom. The van der Waals surface area contributed by atoms with Gasteiger partial charge in [0.15, 0.2) is 11.5 Å². The Morgan fingerprint density at radius 2 is 2.24 bits per heavy atom. The topological polar surface area (TPSA) is 96.9 Å². The van der Waals surface area contributed by atoms with E-state index in [1.807, 2.05) is 6.92 Å². The van der Waals surface area contributed by atoms with Gasteiger partial charge in [-0.05, 0) is 18.5 Å². The molecule has 1 fully saturated rings. The summed E-state index contributed by atoms with van der Waals surface area (Å²) in [5.74, 6) is -1.10. The summed E-state index contributed by atoms with van der Waals surface area (Å²) in [6.45, 7) is 3.52. The van der Waals surface area contributed by atoms with Crippen LogP contribution >= 0.6 is 23.2 Å². The number of epoxide rings is 1. The third-order valence-electron chi connectivity index (χ3n) is 2.48. The number of ether oxygens (including phenoxy) is 2. The summed E-state index contributed by atoms with van der Waals surface area (Å²) in [6, 6.07) is -0.126. The van der Waals surface area contributed by atoms with Crippen LogP contribution in [0.3, 0.4) is 0 Å². The van der Waals surface area contributed by atoms with Gasteiger partial charge in [-0.2, -0.15) is 4.98 Å². The first-order valence-electron chi connectivity index (χ1n) is 5.89. The molecule has 1 saturated heterocycles. The first-order chi connectivity index (χ1) is 9.47. The van der Waals surface area contributed by atoms with Gasteiger partial charge >= 0.3 is 5.97 Å². The first-order valence-corrected chi connectivity index (χ1v) is 6.65. The second-order valence-corrected chi connectivity index (χ2v) is 5.06. The maximum absolute atomic E-state index is 11.0. The Morgan fingerprint density at radius 1 is 1.57 bits per heavy atom. The number of nitrogens with one attached hydrogen (secondary N) is 1. The van der Waals surface area contributed by atoms with Crippen LogP contribution in [0.25, 0.3) is 0 Å². The predicted molar refractivity (Wildman–Crippen MR) is 78.4 cm³/mol. The summed E-state index contributed by atoms with van der Waals surface area (Å²) in [5.41, 5.74) is -0.339. The van der Waals surface area contributed by atoms with Crippen LogP contribution < -0.4 is 5.32 Å². The van der Waals surface area contributed by atoms with Crippen LogP contribution in [0, 0.1) is 0 Å². The summed E-state index contributed by atoms with van der Waals surface area (Å²) in [5, 5.41) is 11.6. The Bertz CT molecular complexity index is 516. The molecule has 7 nitrogen and oxygen atoms in total. The Kier molecular flexibility index (Phi) is 7.20.